The summed E-state index contributed by atoms with van der Waals surface area (Å²) in [5, 5.41) is 0. The minimum atomic E-state index is 1.01. The first kappa shape index (κ1) is 11.8. The lowest BCUT2D eigenvalue weighted by atomic mass is 10.4. The smallest absolute Gasteiger partial charge is 0.0117 e. The van der Waals surface area contributed by atoms with Gasteiger partial charge < -0.3 is 4.90 Å². The summed E-state index contributed by atoms with van der Waals surface area (Å²) in [6.07, 6.45) is 13.2. The molecule has 0 heterocycles. The Kier molecular flexibility index (Phi) is 6.70. The molecule has 0 N–H and O–H groups in total. The summed E-state index contributed by atoms with van der Waals surface area (Å²) in [5.74, 6) is 0. The van der Waals surface area contributed by atoms with Crippen molar-refractivity contribution in [1.82, 2.24) is 4.90 Å². The van der Waals surface area contributed by atoms with Crippen LogP contribution in [0.2, 0.25) is 0 Å². The molecule has 0 saturated carbocycles. The van der Waals surface area contributed by atoms with Crippen molar-refractivity contribution in [3.63, 3.8) is 0 Å². The van der Waals surface area contributed by atoms with E-state index in [0.29, 0.717) is 0 Å². The van der Waals surface area contributed by atoms with E-state index in [0.717, 1.165) is 12.1 Å². The molecule has 0 fully saturated rings. The van der Waals surface area contributed by atoms with Crippen molar-refractivity contribution >= 4 is 0 Å². The first-order chi connectivity index (χ1) is 6.22. The van der Waals surface area contributed by atoms with E-state index in [9.17, 15) is 0 Å². The molecule has 1 nitrogen and oxygen atoms in total. The molecule has 0 aromatic heterocycles. The molecule has 0 aliphatic rings. The molecule has 1 heteroatoms. The molecule has 0 spiro atoms. The van der Waals surface area contributed by atoms with Gasteiger partial charge >= 0.3 is 0 Å². The Bertz CT molecular complexity index is 221. The zero-order chi connectivity index (χ0) is 10.1. The fraction of sp³-hybridized carbons (Fsp3) is 0.333. The van der Waals surface area contributed by atoms with Crippen LogP contribution in [0, 0.1) is 0 Å². The molecular weight excluding hydrogens is 158 g/mol. The first-order valence-electron chi connectivity index (χ1n) is 4.62. The first-order valence-corrected chi connectivity index (χ1v) is 4.62. The third-order valence-electron chi connectivity index (χ3n) is 1.48. The maximum Gasteiger partial charge on any atom is 0.0117 e. The second kappa shape index (κ2) is 7.41. The molecule has 0 aliphatic heterocycles. The quantitative estimate of drug-likeness (QED) is 0.577. The monoisotopic (exact) mass is 177 g/mol. The minimum absolute atomic E-state index is 1.01. The lowest BCUT2D eigenvalue weighted by molar-refractivity contribution is 0.632. The number of allylic oxidation sites excluding steroid dienone is 5. The van der Waals surface area contributed by atoms with Crippen LogP contribution in [0.4, 0.5) is 0 Å². The summed E-state index contributed by atoms with van der Waals surface area (Å²) in [6, 6.07) is 0. The Morgan fingerprint density at radius 3 is 2.46 bits per heavy atom. The molecule has 0 aromatic carbocycles. The Balaban J connectivity index is 4.17. The normalized spacial score (nSPS) is 11.9. The predicted octanol–water partition coefficient (Wildman–Crippen LogP) is 3.84. The molecule has 0 saturated heterocycles. The SMILES string of the molecule is C=C(C)N(/C=C\C)/C=C\C=C\CC. The van der Waals surface area contributed by atoms with Gasteiger partial charge in [-0.2, -0.15) is 0 Å². The largest absolute Gasteiger partial charge is 0.329 e. The van der Waals surface area contributed by atoms with Crippen LogP contribution in [0.3, 0.4) is 0 Å². The van der Waals surface area contributed by atoms with Gasteiger partial charge in [0, 0.05) is 18.1 Å². The highest BCUT2D eigenvalue weighted by Crippen LogP contribution is 2.02. The number of hydrogen-bond acceptors (Lipinski definition) is 1. The standard InChI is InChI=1S/C12H19N/c1-5-7-8-9-11-13(10-6-2)12(3)4/h6-11H,3,5H2,1-2,4H3/b8-7+,10-6-,11-9-. The van der Waals surface area contributed by atoms with Gasteiger partial charge in [0.05, 0.1) is 0 Å². The molecule has 0 unspecified atom stereocenters. The number of hydrogen-bond donors (Lipinski definition) is 0. The summed E-state index contributed by atoms with van der Waals surface area (Å²) in [7, 11) is 0. The maximum atomic E-state index is 3.87. The summed E-state index contributed by atoms with van der Waals surface area (Å²) in [5.41, 5.74) is 1.01. The van der Waals surface area contributed by atoms with Gasteiger partial charge in [-0.25, -0.2) is 0 Å². The lowest BCUT2D eigenvalue weighted by Crippen LogP contribution is -2.04. The summed E-state index contributed by atoms with van der Waals surface area (Å²) in [4.78, 5) is 1.99. The van der Waals surface area contributed by atoms with Gasteiger partial charge in [0.25, 0.3) is 0 Å². The van der Waals surface area contributed by atoms with E-state index in [4.69, 9.17) is 0 Å². The minimum Gasteiger partial charge on any atom is -0.329 e. The number of rotatable bonds is 5. The molecule has 0 bridgehead atoms. The Hall–Kier alpha value is -1.24. The van der Waals surface area contributed by atoms with Crippen molar-refractivity contribution in [2.24, 2.45) is 0 Å². The van der Waals surface area contributed by atoms with E-state index in [1.54, 1.807) is 0 Å². The van der Waals surface area contributed by atoms with Crippen molar-refractivity contribution in [2.75, 3.05) is 0 Å². The highest BCUT2D eigenvalue weighted by Gasteiger charge is 1.90. The van der Waals surface area contributed by atoms with Gasteiger partial charge in [0.2, 0.25) is 0 Å². The van der Waals surface area contributed by atoms with Crippen molar-refractivity contribution in [3.8, 4) is 0 Å². The topological polar surface area (TPSA) is 3.24 Å². The van der Waals surface area contributed by atoms with E-state index in [2.05, 4.69) is 19.6 Å². The van der Waals surface area contributed by atoms with Crippen LogP contribution in [0.15, 0.2) is 49.0 Å². The molecule has 0 aliphatic carbocycles. The average Bonchev–Trinajstić information content (AvgIpc) is 2.10. The zero-order valence-electron chi connectivity index (χ0n) is 8.83. The number of nitrogens with zero attached hydrogens (tertiary/aromatic N) is 1. The Morgan fingerprint density at radius 2 is 2.00 bits per heavy atom. The van der Waals surface area contributed by atoms with Crippen LogP contribution in [-0.2, 0) is 0 Å². The summed E-state index contributed by atoms with van der Waals surface area (Å²) < 4.78 is 0. The van der Waals surface area contributed by atoms with Crippen LogP contribution in [0.5, 0.6) is 0 Å². The van der Waals surface area contributed by atoms with Crippen molar-refractivity contribution in [1.29, 1.82) is 0 Å². The van der Waals surface area contributed by atoms with E-state index in [1.165, 1.54) is 0 Å². The second-order valence-electron chi connectivity index (χ2n) is 2.80. The highest BCUT2D eigenvalue weighted by atomic mass is 15.1. The third kappa shape index (κ3) is 5.97. The van der Waals surface area contributed by atoms with Crippen molar-refractivity contribution in [2.45, 2.75) is 27.2 Å². The second-order valence-corrected chi connectivity index (χ2v) is 2.80. The Labute approximate surface area is 81.8 Å². The van der Waals surface area contributed by atoms with Crippen LogP contribution in [-0.4, -0.2) is 4.90 Å². The Morgan fingerprint density at radius 1 is 1.31 bits per heavy atom. The fourth-order valence-electron chi connectivity index (χ4n) is 0.822. The van der Waals surface area contributed by atoms with E-state index in [1.807, 2.05) is 49.4 Å². The van der Waals surface area contributed by atoms with Gasteiger partial charge in [-0.05, 0) is 26.3 Å². The molecular formula is C12H19N. The molecule has 0 amide bonds. The van der Waals surface area contributed by atoms with E-state index in [-0.39, 0.29) is 0 Å². The average molecular weight is 177 g/mol. The zero-order valence-corrected chi connectivity index (χ0v) is 8.83. The summed E-state index contributed by atoms with van der Waals surface area (Å²) in [6.45, 7) is 9.96. The molecule has 72 valence electrons. The predicted molar refractivity (Wildman–Crippen MR) is 60.0 cm³/mol. The fourth-order valence-corrected chi connectivity index (χ4v) is 0.822. The van der Waals surface area contributed by atoms with Gasteiger partial charge in [-0.1, -0.05) is 31.7 Å². The maximum absolute atomic E-state index is 3.87. The van der Waals surface area contributed by atoms with Crippen LogP contribution in [0.1, 0.15) is 27.2 Å². The van der Waals surface area contributed by atoms with Gasteiger partial charge in [-0.15, -0.1) is 0 Å². The molecule has 0 atom stereocenters. The van der Waals surface area contributed by atoms with Crippen molar-refractivity contribution < 1.29 is 0 Å². The van der Waals surface area contributed by atoms with E-state index >= 15 is 0 Å². The van der Waals surface area contributed by atoms with Gasteiger partial charge in [0.1, 0.15) is 0 Å². The van der Waals surface area contributed by atoms with Crippen molar-refractivity contribution in [3.05, 3.63) is 49.0 Å². The highest BCUT2D eigenvalue weighted by molar-refractivity contribution is 5.09. The van der Waals surface area contributed by atoms with Crippen LogP contribution < -0.4 is 0 Å². The van der Waals surface area contributed by atoms with Gasteiger partial charge in [0.15, 0.2) is 0 Å². The molecule has 0 rings (SSSR count). The van der Waals surface area contributed by atoms with Crippen LogP contribution in [0.25, 0.3) is 0 Å². The van der Waals surface area contributed by atoms with Crippen LogP contribution >= 0.6 is 0 Å². The lowest BCUT2D eigenvalue weighted by Gasteiger charge is -2.13. The molecule has 13 heavy (non-hydrogen) atoms. The molecule has 0 radical (unpaired) electrons. The van der Waals surface area contributed by atoms with E-state index < -0.39 is 0 Å². The van der Waals surface area contributed by atoms with Gasteiger partial charge in [-0.3, -0.25) is 0 Å². The third-order valence-corrected chi connectivity index (χ3v) is 1.48. The summed E-state index contributed by atoms with van der Waals surface area (Å²) >= 11 is 0. The molecule has 0 aromatic rings.